The zero-order valence-corrected chi connectivity index (χ0v) is 16.4. The molecule has 0 radical (unpaired) electrons. The molecule has 154 valence electrons. The van der Waals surface area contributed by atoms with E-state index in [1.54, 1.807) is 29.2 Å². The van der Waals surface area contributed by atoms with Gasteiger partial charge in [0.25, 0.3) is 11.8 Å². The number of benzene rings is 2. The number of amides is 3. The van der Waals surface area contributed by atoms with Crippen molar-refractivity contribution in [1.29, 1.82) is 0 Å². The second kappa shape index (κ2) is 8.57. The Balaban J connectivity index is 1.61. The normalized spacial score (nSPS) is 15.1. The van der Waals surface area contributed by atoms with Crippen LogP contribution in [0.3, 0.4) is 0 Å². The third kappa shape index (κ3) is 5.51. The summed E-state index contributed by atoms with van der Waals surface area (Å²) in [5.41, 5.74) is 1.24. The van der Waals surface area contributed by atoms with E-state index < -0.39 is 12.0 Å². The first-order valence-electron chi connectivity index (χ1n) is 9.36. The summed E-state index contributed by atoms with van der Waals surface area (Å²) in [5, 5.41) is 5.25. The van der Waals surface area contributed by atoms with E-state index in [1.807, 2.05) is 7.05 Å². The minimum absolute atomic E-state index is 0.0711. The first kappa shape index (κ1) is 20.7. The monoisotopic (exact) mass is 402 g/mol. The Labute approximate surface area is 168 Å². The highest BCUT2D eigenvalue weighted by molar-refractivity contribution is 6.01. The van der Waals surface area contributed by atoms with Crippen LogP contribution in [0.2, 0.25) is 0 Å². The number of nitrogens with one attached hydrogen (secondary N) is 2. The predicted octanol–water partition coefficient (Wildman–Crippen LogP) is 3.83. The molecule has 0 unspecified atom stereocenters. The molecule has 1 aliphatic heterocycles. The molecule has 1 heterocycles. The van der Waals surface area contributed by atoms with Crippen LogP contribution >= 0.6 is 0 Å². The molecule has 1 aliphatic rings. The summed E-state index contributed by atoms with van der Waals surface area (Å²) in [7, 11) is 2.02. The second-order valence-electron chi connectivity index (χ2n) is 7.22. The average Bonchev–Trinajstić information content (AvgIpc) is 2.68. The Morgan fingerprint density at radius 1 is 0.931 bits per heavy atom. The molecule has 1 fully saturated rings. The van der Waals surface area contributed by atoms with E-state index in [2.05, 4.69) is 15.5 Å². The van der Waals surface area contributed by atoms with E-state index >= 15 is 0 Å². The fraction of sp³-hybridized carbons (Fsp3) is 0.333. The number of anilines is 2. The number of hydrogen-bond acceptors (Lipinski definition) is 3. The molecule has 1 saturated heterocycles. The van der Waals surface area contributed by atoms with Gasteiger partial charge >= 0.3 is 6.03 Å². The van der Waals surface area contributed by atoms with Gasteiger partial charge in [-0.2, -0.15) is 0 Å². The fourth-order valence-corrected chi connectivity index (χ4v) is 3.06. The number of halogens is 2. The van der Waals surface area contributed by atoms with Crippen LogP contribution in [-0.2, 0) is 5.92 Å². The zero-order chi connectivity index (χ0) is 21.0. The SMILES string of the molecule is CN1CCN(C(=O)c2cccc(NC(=O)Nc3ccc(C(C)(F)F)cc3)c2)CC1. The molecule has 0 atom stereocenters. The molecular formula is C21H24F2N4O2. The quantitative estimate of drug-likeness (QED) is 0.817. The minimum Gasteiger partial charge on any atom is -0.336 e. The van der Waals surface area contributed by atoms with Crippen molar-refractivity contribution in [1.82, 2.24) is 9.80 Å². The molecule has 0 bridgehead atoms. The van der Waals surface area contributed by atoms with Gasteiger partial charge in [0.1, 0.15) is 0 Å². The predicted molar refractivity (Wildman–Crippen MR) is 108 cm³/mol. The molecule has 2 N–H and O–H groups in total. The van der Waals surface area contributed by atoms with Crippen molar-refractivity contribution < 1.29 is 18.4 Å². The number of hydrogen-bond donors (Lipinski definition) is 2. The number of carbonyl (C=O) groups excluding carboxylic acids is 2. The van der Waals surface area contributed by atoms with Crippen LogP contribution in [-0.4, -0.2) is 55.0 Å². The lowest BCUT2D eigenvalue weighted by molar-refractivity contribution is 0.0175. The Kier molecular flexibility index (Phi) is 6.12. The Hall–Kier alpha value is -3.00. The van der Waals surface area contributed by atoms with Gasteiger partial charge in [-0.25, -0.2) is 13.6 Å². The largest absolute Gasteiger partial charge is 0.336 e. The molecular weight excluding hydrogens is 378 g/mol. The van der Waals surface area contributed by atoms with Crippen molar-refractivity contribution in [3.05, 3.63) is 59.7 Å². The molecule has 2 aromatic rings. The summed E-state index contributed by atoms with van der Waals surface area (Å²) in [4.78, 5) is 28.8. The van der Waals surface area contributed by atoms with E-state index in [4.69, 9.17) is 0 Å². The van der Waals surface area contributed by atoms with Crippen LogP contribution in [0.4, 0.5) is 25.0 Å². The number of piperazine rings is 1. The van der Waals surface area contributed by atoms with Crippen LogP contribution in [0.1, 0.15) is 22.8 Å². The molecule has 3 amide bonds. The Morgan fingerprint density at radius 2 is 1.55 bits per heavy atom. The number of nitrogens with zero attached hydrogens (tertiary/aromatic N) is 2. The summed E-state index contributed by atoms with van der Waals surface area (Å²) in [5.74, 6) is -3.00. The van der Waals surface area contributed by atoms with Crippen LogP contribution in [0.25, 0.3) is 0 Å². The molecule has 6 nitrogen and oxygen atoms in total. The standard InChI is InChI=1S/C21H24F2N4O2/c1-21(22,23)16-6-8-17(9-7-16)24-20(29)25-18-5-3-4-15(14-18)19(28)27-12-10-26(2)11-13-27/h3-9,14H,10-13H2,1-2H3,(H2,24,25,29). The van der Waals surface area contributed by atoms with Gasteiger partial charge in [-0.15, -0.1) is 0 Å². The second-order valence-corrected chi connectivity index (χ2v) is 7.22. The zero-order valence-electron chi connectivity index (χ0n) is 16.4. The average molecular weight is 402 g/mol. The molecule has 0 aliphatic carbocycles. The summed E-state index contributed by atoms with van der Waals surface area (Å²) >= 11 is 0. The smallest absolute Gasteiger partial charge is 0.323 e. The van der Waals surface area contributed by atoms with Crippen molar-refractivity contribution in [2.75, 3.05) is 43.9 Å². The lowest BCUT2D eigenvalue weighted by Crippen LogP contribution is -2.47. The van der Waals surface area contributed by atoms with Crippen molar-refractivity contribution in [3.8, 4) is 0 Å². The third-order valence-electron chi connectivity index (χ3n) is 4.81. The maximum atomic E-state index is 13.3. The number of alkyl halides is 2. The maximum Gasteiger partial charge on any atom is 0.323 e. The van der Waals surface area contributed by atoms with Crippen LogP contribution in [0.5, 0.6) is 0 Å². The lowest BCUT2D eigenvalue weighted by Gasteiger charge is -2.32. The summed E-state index contributed by atoms with van der Waals surface area (Å²) < 4.78 is 26.5. The summed E-state index contributed by atoms with van der Waals surface area (Å²) in [6, 6.07) is 11.6. The van der Waals surface area contributed by atoms with Crippen molar-refractivity contribution >= 4 is 23.3 Å². The van der Waals surface area contributed by atoms with Crippen molar-refractivity contribution in [2.45, 2.75) is 12.8 Å². The van der Waals surface area contributed by atoms with Gasteiger partial charge in [-0.3, -0.25) is 4.79 Å². The maximum absolute atomic E-state index is 13.3. The van der Waals surface area contributed by atoms with E-state index in [1.165, 1.54) is 24.3 Å². The van der Waals surface area contributed by atoms with Crippen molar-refractivity contribution in [2.24, 2.45) is 0 Å². The van der Waals surface area contributed by atoms with E-state index in [9.17, 15) is 18.4 Å². The lowest BCUT2D eigenvalue weighted by atomic mass is 10.1. The molecule has 29 heavy (non-hydrogen) atoms. The van der Waals surface area contributed by atoms with E-state index in [-0.39, 0.29) is 11.5 Å². The Bertz CT molecular complexity index is 873. The first-order chi connectivity index (χ1) is 13.7. The van der Waals surface area contributed by atoms with Gasteiger partial charge in [0, 0.05) is 55.6 Å². The van der Waals surface area contributed by atoms with Crippen LogP contribution in [0, 0.1) is 0 Å². The Morgan fingerprint density at radius 3 is 2.17 bits per heavy atom. The first-order valence-corrected chi connectivity index (χ1v) is 9.36. The molecule has 8 heteroatoms. The molecule has 2 aromatic carbocycles. The fourth-order valence-electron chi connectivity index (χ4n) is 3.06. The van der Waals surface area contributed by atoms with E-state index in [0.29, 0.717) is 30.0 Å². The van der Waals surface area contributed by atoms with Crippen LogP contribution < -0.4 is 10.6 Å². The third-order valence-corrected chi connectivity index (χ3v) is 4.81. The van der Waals surface area contributed by atoms with E-state index in [0.717, 1.165) is 20.0 Å². The molecule has 0 aromatic heterocycles. The minimum atomic E-state index is -2.93. The number of likely N-dealkylation sites (N-methyl/N-ethyl adjacent to an activating group) is 1. The van der Waals surface area contributed by atoms with Gasteiger partial charge in [0.15, 0.2) is 0 Å². The van der Waals surface area contributed by atoms with Crippen molar-refractivity contribution in [3.63, 3.8) is 0 Å². The summed E-state index contributed by atoms with van der Waals surface area (Å²) in [6.07, 6.45) is 0. The van der Waals surface area contributed by atoms with Gasteiger partial charge in [-0.05, 0) is 37.4 Å². The summed E-state index contributed by atoms with van der Waals surface area (Å²) in [6.45, 7) is 3.81. The highest BCUT2D eigenvalue weighted by Crippen LogP contribution is 2.27. The van der Waals surface area contributed by atoms with Gasteiger partial charge in [-0.1, -0.05) is 18.2 Å². The highest BCUT2D eigenvalue weighted by atomic mass is 19.3. The molecule has 0 saturated carbocycles. The molecule has 3 rings (SSSR count). The number of urea groups is 1. The van der Waals surface area contributed by atoms with Gasteiger partial charge in [0.2, 0.25) is 0 Å². The molecule has 0 spiro atoms. The number of carbonyl (C=O) groups is 2. The van der Waals surface area contributed by atoms with Gasteiger partial charge in [0.05, 0.1) is 0 Å². The van der Waals surface area contributed by atoms with Gasteiger partial charge < -0.3 is 20.4 Å². The number of rotatable bonds is 4. The topological polar surface area (TPSA) is 64.7 Å². The highest BCUT2D eigenvalue weighted by Gasteiger charge is 2.24. The van der Waals surface area contributed by atoms with Crippen LogP contribution in [0.15, 0.2) is 48.5 Å².